The van der Waals surface area contributed by atoms with Crippen LogP contribution < -0.4 is 10.0 Å². The lowest BCUT2D eigenvalue weighted by Gasteiger charge is -2.22. The number of carbonyl (C=O) groups excluding carboxylic acids is 1. The normalized spacial score (nSPS) is 21.2. The fraction of sp³-hybridized carbons (Fsp3) is 0.462. The Kier molecular flexibility index (Phi) is 4.12. The second-order valence-electron chi connectivity index (χ2n) is 4.97. The quantitative estimate of drug-likeness (QED) is 0.911. The molecule has 0 spiro atoms. The molecule has 2 N–H and O–H groups in total. The molecule has 2 atom stereocenters. The third-order valence-electron chi connectivity index (χ3n) is 3.40. The molecule has 1 heterocycles. The fourth-order valence-electron chi connectivity index (χ4n) is 2.39. The molecule has 2 rings (SSSR count). The van der Waals surface area contributed by atoms with Gasteiger partial charge in [-0.15, -0.1) is 0 Å². The molecule has 2 unspecified atom stereocenters. The van der Waals surface area contributed by atoms with Gasteiger partial charge in [-0.1, -0.05) is 12.1 Å². The van der Waals surface area contributed by atoms with Gasteiger partial charge in [-0.3, -0.25) is 8.98 Å². The predicted molar refractivity (Wildman–Crippen MR) is 75.2 cm³/mol. The first-order valence-corrected chi connectivity index (χ1v) is 7.88. The molecule has 1 aromatic rings. The van der Waals surface area contributed by atoms with Crippen molar-refractivity contribution >= 4 is 21.9 Å². The van der Waals surface area contributed by atoms with Crippen LogP contribution in [0.2, 0.25) is 0 Å². The third kappa shape index (κ3) is 3.36. The SMILES string of the molecule is CC(OS(N)(=O)=O)c1ccc(N2C(=O)CCC2C)cc1. The zero-order valence-electron chi connectivity index (χ0n) is 11.4. The van der Waals surface area contributed by atoms with Crippen molar-refractivity contribution < 1.29 is 17.4 Å². The van der Waals surface area contributed by atoms with E-state index in [0.717, 1.165) is 12.1 Å². The van der Waals surface area contributed by atoms with Gasteiger partial charge in [0, 0.05) is 18.2 Å². The molecule has 1 aliphatic rings. The van der Waals surface area contributed by atoms with Gasteiger partial charge >= 0.3 is 10.3 Å². The Balaban J connectivity index is 2.16. The van der Waals surface area contributed by atoms with E-state index >= 15 is 0 Å². The summed E-state index contributed by atoms with van der Waals surface area (Å²) in [6.07, 6.45) is 0.755. The predicted octanol–water partition coefficient (Wildman–Crippen LogP) is 1.48. The molecule has 1 fully saturated rings. The van der Waals surface area contributed by atoms with E-state index in [4.69, 9.17) is 9.32 Å². The standard InChI is InChI=1S/C13H18N2O4S/c1-9-3-8-13(16)15(9)12-6-4-11(5-7-12)10(2)19-20(14,17)18/h4-7,9-10H,3,8H2,1-2H3,(H2,14,17,18). The molecule has 20 heavy (non-hydrogen) atoms. The van der Waals surface area contributed by atoms with E-state index < -0.39 is 16.4 Å². The van der Waals surface area contributed by atoms with Crippen molar-refractivity contribution in [3.63, 3.8) is 0 Å². The number of nitrogens with zero attached hydrogens (tertiary/aromatic N) is 1. The largest absolute Gasteiger partial charge is 0.333 e. The zero-order chi connectivity index (χ0) is 14.9. The van der Waals surface area contributed by atoms with Crippen LogP contribution >= 0.6 is 0 Å². The molecule has 1 aromatic carbocycles. The first kappa shape index (κ1) is 15.0. The Bertz CT molecular complexity index is 597. The summed E-state index contributed by atoms with van der Waals surface area (Å²) in [4.78, 5) is 13.6. The summed E-state index contributed by atoms with van der Waals surface area (Å²) >= 11 is 0. The van der Waals surface area contributed by atoms with Gasteiger partial charge in [-0.05, 0) is 38.0 Å². The number of nitrogens with two attached hydrogens (primary N) is 1. The van der Waals surface area contributed by atoms with E-state index in [0.29, 0.717) is 12.0 Å². The highest BCUT2D eigenvalue weighted by Crippen LogP contribution is 2.28. The van der Waals surface area contributed by atoms with Crippen molar-refractivity contribution in [2.75, 3.05) is 4.90 Å². The lowest BCUT2D eigenvalue weighted by molar-refractivity contribution is -0.117. The number of hydrogen-bond donors (Lipinski definition) is 1. The monoisotopic (exact) mass is 298 g/mol. The highest BCUT2D eigenvalue weighted by Gasteiger charge is 2.28. The lowest BCUT2D eigenvalue weighted by atomic mass is 10.1. The second-order valence-corrected chi connectivity index (χ2v) is 6.15. The Morgan fingerprint density at radius 1 is 1.35 bits per heavy atom. The van der Waals surface area contributed by atoms with E-state index in [-0.39, 0.29) is 11.9 Å². The van der Waals surface area contributed by atoms with Gasteiger partial charge in [0.25, 0.3) is 0 Å². The van der Waals surface area contributed by atoms with Crippen LogP contribution in [0.25, 0.3) is 0 Å². The number of hydrogen-bond acceptors (Lipinski definition) is 4. The fourth-order valence-corrected chi connectivity index (χ4v) is 2.90. The molecule has 0 radical (unpaired) electrons. The molecule has 6 nitrogen and oxygen atoms in total. The van der Waals surface area contributed by atoms with E-state index in [1.165, 1.54) is 0 Å². The van der Waals surface area contributed by atoms with E-state index in [9.17, 15) is 13.2 Å². The summed E-state index contributed by atoms with van der Waals surface area (Å²) in [5.74, 6) is 0.110. The summed E-state index contributed by atoms with van der Waals surface area (Å²) in [6.45, 7) is 3.61. The topological polar surface area (TPSA) is 89.7 Å². The zero-order valence-corrected chi connectivity index (χ0v) is 12.3. The summed E-state index contributed by atoms with van der Waals surface area (Å²) in [5, 5.41) is 4.84. The van der Waals surface area contributed by atoms with Gasteiger partial charge in [-0.2, -0.15) is 8.42 Å². The minimum atomic E-state index is -3.98. The third-order valence-corrected chi connectivity index (χ3v) is 3.96. The molecule has 110 valence electrons. The molecule has 1 amide bonds. The number of amides is 1. The number of benzene rings is 1. The summed E-state index contributed by atoms with van der Waals surface area (Å²) in [6, 6.07) is 7.25. The average molecular weight is 298 g/mol. The molecule has 1 saturated heterocycles. The first-order valence-electron chi connectivity index (χ1n) is 6.41. The maximum atomic E-state index is 11.8. The van der Waals surface area contributed by atoms with Crippen LogP contribution in [-0.4, -0.2) is 20.4 Å². The summed E-state index contributed by atoms with van der Waals surface area (Å²) in [5.41, 5.74) is 1.49. The van der Waals surface area contributed by atoms with Crippen molar-refractivity contribution in [1.82, 2.24) is 0 Å². The maximum absolute atomic E-state index is 11.8. The Hall–Kier alpha value is -1.44. The van der Waals surface area contributed by atoms with Crippen LogP contribution in [0.4, 0.5) is 5.69 Å². The van der Waals surface area contributed by atoms with Gasteiger partial charge in [-0.25, -0.2) is 5.14 Å². The molecular formula is C13H18N2O4S. The van der Waals surface area contributed by atoms with Gasteiger partial charge in [0.1, 0.15) is 6.10 Å². The number of anilines is 1. The van der Waals surface area contributed by atoms with Crippen LogP contribution in [-0.2, 0) is 19.3 Å². The Morgan fingerprint density at radius 2 is 1.95 bits per heavy atom. The maximum Gasteiger partial charge on any atom is 0.333 e. The molecule has 1 aliphatic heterocycles. The molecular weight excluding hydrogens is 280 g/mol. The van der Waals surface area contributed by atoms with Crippen molar-refractivity contribution in [3.05, 3.63) is 29.8 Å². The molecule has 0 bridgehead atoms. The van der Waals surface area contributed by atoms with Gasteiger partial charge in [0.15, 0.2) is 0 Å². The van der Waals surface area contributed by atoms with Crippen LogP contribution in [0, 0.1) is 0 Å². The Labute approximate surface area is 118 Å². The number of carbonyl (C=O) groups is 1. The molecule has 7 heteroatoms. The molecule has 0 aromatic heterocycles. The van der Waals surface area contributed by atoms with Crippen LogP contribution in [0.5, 0.6) is 0 Å². The molecule has 0 aliphatic carbocycles. The lowest BCUT2D eigenvalue weighted by Crippen LogP contribution is -2.30. The van der Waals surface area contributed by atoms with E-state index in [2.05, 4.69) is 0 Å². The van der Waals surface area contributed by atoms with Crippen LogP contribution in [0.3, 0.4) is 0 Å². The van der Waals surface area contributed by atoms with Gasteiger partial charge in [0.2, 0.25) is 5.91 Å². The van der Waals surface area contributed by atoms with Gasteiger partial charge in [0.05, 0.1) is 0 Å². The van der Waals surface area contributed by atoms with Crippen molar-refractivity contribution in [1.29, 1.82) is 0 Å². The highest BCUT2D eigenvalue weighted by molar-refractivity contribution is 7.84. The number of rotatable bonds is 4. The Morgan fingerprint density at radius 3 is 2.40 bits per heavy atom. The average Bonchev–Trinajstić information content (AvgIpc) is 2.67. The van der Waals surface area contributed by atoms with E-state index in [1.807, 2.05) is 6.92 Å². The van der Waals surface area contributed by atoms with Crippen molar-refractivity contribution in [2.45, 2.75) is 38.8 Å². The minimum absolute atomic E-state index is 0.110. The van der Waals surface area contributed by atoms with Crippen LogP contribution in [0.1, 0.15) is 38.4 Å². The van der Waals surface area contributed by atoms with Crippen molar-refractivity contribution in [2.24, 2.45) is 5.14 Å². The first-order chi connectivity index (χ1) is 9.28. The molecule has 0 saturated carbocycles. The smallest absolute Gasteiger partial charge is 0.310 e. The summed E-state index contributed by atoms with van der Waals surface area (Å²) < 4.78 is 26.5. The minimum Gasteiger partial charge on any atom is -0.310 e. The summed E-state index contributed by atoms with van der Waals surface area (Å²) in [7, 11) is -3.98. The van der Waals surface area contributed by atoms with Crippen molar-refractivity contribution in [3.8, 4) is 0 Å². The van der Waals surface area contributed by atoms with Crippen LogP contribution in [0.15, 0.2) is 24.3 Å². The second kappa shape index (κ2) is 5.51. The van der Waals surface area contributed by atoms with E-state index in [1.54, 1.807) is 36.1 Å². The highest BCUT2D eigenvalue weighted by atomic mass is 32.2. The van der Waals surface area contributed by atoms with Gasteiger partial charge < -0.3 is 4.90 Å².